The molecule has 1 N–H and O–H groups in total. The van der Waals surface area contributed by atoms with Gasteiger partial charge in [-0.3, -0.25) is 10.1 Å². The largest absolute Gasteiger partial charge is 0.321 e. The van der Waals surface area contributed by atoms with Gasteiger partial charge in [-0.1, -0.05) is 36.6 Å². The van der Waals surface area contributed by atoms with Crippen LogP contribution in [0.5, 0.6) is 0 Å². The van der Waals surface area contributed by atoms with Gasteiger partial charge >= 0.3 is 0 Å². The predicted octanol–water partition coefficient (Wildman–Crippen LogP) is 3.49. The van der Waals surface area contributed by atoms with Gasteiger partial charge in [0.2, 0.25) is 5.91 Å². The van der Waals surface area contributed by atoms with Crippen molar-refractivity contribution in [2.75, 3.05) is 6.54 Å². The summed E-state index contributed by atoms with van der Waals surface area (Å²) in [5.74, 6) is 1.22. The molecule has 4 heteroatoms. The lowest BCUT2D eigenvalue weighted by Crippen LogP contribution is -2.33. The van der Waals surface area contributed by atoms with E-state index in [4.69, 9.17) is 11.6 Å². The van der Waals surface area contributed by atoms with Crippen molar-refractivity contribution in [1.82, 2.24) is 10.2 Å². The average molecular weight is 305 g/mol. The van der Waals surface area contributed by atoms with Gasteiger partial charge < -0.3 is 4.90 Å². The van der Waals surface area contributed by atoms with Crippen molar-refractivity contribution >= 4 is 17.5 Å². The molecule has 1 amide bonds. The molecule has 2 aliphatic carbocycles. The topological polar surface area (TPSA) is 32.3 Å². The van der Waals surface area contributed by atoms with Crippen molar-refractivity contribution in [3.05, 3.63) is 34.9 Å². The van der Waals surface area contributed by atoms with E-state index in [-0.39, 0.29) is 11.7 Å². The van der Waals surface area contributed by atoms with Crippen molar-refractivity contribution in [3.63, 3.8) is 0 Å². The van der Waals surface area contributed by atoms with Gasteiger partial charge in [-0.15, -0.1) is 0 Å². The first-order chi connectivity index (χ1) is 10.2. The Hall–Kier alpha value is -1.06. The maximum Gasteiger partial charge on any atom is 0.244 e. The number of carbonyl (C=O) groups is 1. The van der Waals surface area contributed by atoms with Gasteiger partial charge in [-0.05, 0) is 49.3 Å². The normalized spacial score (nSPS) is 26.6. The molecule has 1 aromatic carbocycles. The van der Waals surface area contributed by atoms with Crippen LogP contribution in [0.4, 0.5) is 0 Å². The smallest absolute Gasteiger partial charge is 0.244 e. The van der Waals surface area contributed by atoms with Crippen molar-refractivity contribution in [2.24, 2.45) is 5.92 Å². The van der Waals surface area contributed by atoms with Crippen molar-refractivity contribution in [2.45, 2.75) is 50.2 Å². The Balaban J connectivity index is 1.52. The van der Waals surface area contributed by atoms with Crippen molar-refractivity contribution < 1.29 is 4.79 Å². The quantitative estimate of drug-likeness (QED) is 0.903. The highest BCUT2D eigenvalue weighted by Gasteiger charge is 2.59. The predicted molar refractivity (Wildman–Crippen MR) is 83.0 cm³/mol. The van der Waals surface area contributed by atoms with E-state index in [0.29, 0.717) is 5.91 Å². The molecule has 1 atom stereocenters. The highest BCUT2D eigenvalue weighted by Crippen LogP contribution is 2.46. The van der Waals surface area contributed by atoms with Crippen LogP contribution < -0.4 is 5.32 Å². The molecule has 1 saturated heterocycles. The molecule has 3 aliphatic rings. The van der Waals surface area contributed by atoms with Crippen molar-refractivity contribution in [1.29, 1.82) is 0 Å². The minimum absolute atomic E-state index is 0.00194. The molecule has 3 nitrogen and oxygen atoms in total. The number of hydrogen-bond acceptors (Lipinski definition) is 2. The third-order valence-corrected chi connectivity index (χ3v) is 5.25. The molecule has 0 bridgehead atoms. The second kappa shape index (κ2) is 4.99. The Labute approximate surface area is 130 Å². The van der Waals surface area contributed by atoms with Crippen LogP contribution in [0.3, 0.4) is 0 Å². The standard InChI is InChI=1S/C17H21ClN2O/c18-14-5-1-4-13(11-14)15-19-17(8-9-17)16(21)20(15)10-2-3-12-6-7-12/h1,4-5,11-12,15,19H,2-3,6-10H2. The van der Waals surface area contributed by atoms with Gasteiger partial charge in [0.1, 0.15) is 11.7 Å². The summed E-state index contributed by atoms with van der Waals surface area (Å²) >= 11 is 6.12. The molecule has 1 heterocycles. The molecule has 1 spiro atoms. The number of benzene rings is 1. The Bertz CT molecular complexity index is 566. The maximum absolute atomic E-state index is 12.7. The summed E-state index contributed by atoms with van der Waals surface area (Å²) < 4.78 is 0. The maximum atomic E-state index is 12.7. The van der Waals surface area contributed by atoms with Crippen LogP contribution in [0.1, 0.15) is 50.3 Å². The van der Waals surface area contributed by atoms with Crippen LogP contribution in [0, 0.1) is 5.92 Å². The summed E-state index contributed by atoms with van der Waals surface area (Å²) in [7, 11) is 0. The number of amides is 1. The molecule has 21 heavy (non-hydrogen) atoms. The van der Waals surface area contributed by atoms with Crippen molar-refractivity contribution in [3.8, 4) is 0 Å². The van der Waals surface area contributed by atoms with Gasteiger partial charge in [-0.2, -0.15) is 0 Å². The average Bonchev–Trinajstić information content (AvgIpc) is 3.36. The SMILES string of the molecule is O=C1N(CCCC2CC2)C(c2cccc(Cl)c2)NC12CC2. The second-order valence-electron chi connectivity index (χ2n) is 6.77. The molecule has 112 valence electrons. The van der Waals surface area contributed by atoms with E-state index >= 15 is 0 Å². The van der Waals surface area contributed by atoms with Gasteiger partial charge in [0.25, 0.3) is 0 Å². The van der Waals surface area contributed by atoms with Gasteiger partial charge in [0, 0.05) is 11.6 Å². The van der Waals surface area contributed by atoms with E-state index in [1.165, 1.54) is 19.3 Å². The first-order valence-corrected chi connectivity index (χ1v) is 8.40. The Morgan fingerprint density at radius 3 is 2.81 bits per heavy atom. The van der Waals surface area contributed by atoms with E-state index in [1.807, 2.05) is 23.1 Å². The van der Waals surface area contributed by atoms with Crippen LogP contribution in [0.2, 0.25) is 5.02 Å². The highest BCUT2D eigenvalue weighted by molar-refractivity contribution is 6.30. The molecule has 0 aromatic heterocycles. The number of rotatable bonds is 5. The first kappa shape index (κ1) is 13.6. The van der Waals surface area contributed by atoms with E-state index in [1.54, 1.807) is 0 Å². The van der Waals surface area contributed by atoms with Crippen LogP contribution >= 0.6 is 11.6 Å². The Morgan fingerprint density at radius 1 is 1.33 bits per heavy atom. The summed E-state index contributed by atoms with van der Waals surface area (Å²) in [6, 6.07) is 7.88. The van der Waals surface area contributed by atoms with Gasteiger partial charge in [0.15, 0.2) is 0 Å². The number of carbonyl (C=O) groups excluding carboxylic acids is 1. The molecule has 4 rings (SSSR count). The molecular weight excluding hydrogens is 284 g/mol. The summed E-state index contributed by atoms with van der Waals surface area (Å²) in [4.78, 5) is 14.7. The molecule has 1 aromatic rings. The third-order valence-electron chi connectivity index (χ3n) is 5.02. The summed E-state index contributed by atoms with van der Waals surface area (Å²) in [6.07, 6.45) is 7.09. The lowest BCUT2D eigenvalue weighted by atomic mass is 10.1. The van der Waals surface area contributed by atoms with Crippen LogP contribution in [-0.4, -0.2) is 22.9 Å². The van der Waals surface area contributed by atoms with Crippen LogP contribution in [0.15, 0.2) is 24.3 Å². The lowest BCUT2D eigenvalue weighted by Gasteiger charge is -2.24. The number of halogens is 1. The third kappa shape index (κ3) is 2.58. The Morgan fingerprint density at radius 2 is 2.14 bits per heavy atom. The molecule has 2 saturated carbocycles. The number of hydrogen-bond donors (Lipinski definition) is 1. The van der Waals surface area contributed by atoms with Crippen LogP contribution in [0.25, 0.3) is 0 Å². The molecule has 0 radical (unpaired) electrons. The summed E-state index contributed by atoms with van der Waals surface area (Å²) in [5.41, 5.74) is 0.845. The second-order valence-corrected chi connectivity index (χ2v) is 7.20. The zero-order valence-electron chi connectivity index (χ0n) is 12.1. The zero-order chi connectivity index (χ0) is 14.4. The highest BCUT2D eigenvalue weighted by atomic mass is 35.5. The molecular formula is C17H21ClN2O. The lowest BCUT2D eigenvalue weighted by molar-refractivity contribution is -0.130. The molecule has 1 aliphatic heterocycles. The first-order valence-electron chi connectivity index (χ1n) is 8.02. The van der Waals surface area contributed by atoms with Gasteiger partial charge in [-0.25, -0.2) is 0 Å². The molecule has 3 fully saturated rings. The number of nitrogens with one attached hydrogen (secondary N) is 1. The van der Waals surface area contributed by atoms with E-state index in [9.17, 15) is 4.79 Å². The summed E-state index contributed by atoms with van der Waals surface area (Å²) in [6.45, 7) is 0.862. The van der Waals surface area contributed by atoms with E-state index < -0.39 is 0 Å². The number of nitrogens with zero attached hydrogens (tertiary/aromatic N) is 1. The summed E-state index contributed by atoms with van der Waals surface area (Å²) in [5, 5.41) is 4.29. The monoisotopic (exact) mass is 304 g/mol. The Kier molecular flexibility index (Phi) is 3.23. The molecule has 1 unspecified atom stereocenters. The van der Waals surface area contributed by atoms with E-state index in [0.717, 1.165) is 42.3 Å². The minimum atomic E-state index is -0.257. The fraction of sp³-hybridized carbons (Fsp3) is 0.588. The minimum Gasteiger partial charge on any atom is -0.321 e. The fourth-order valence-corrected chi connectivity index (χ4v) is 3.60. The van der Waals surface area contributed by atoms with E-state index in [2.05, 4.69) is 11.4 Å². The fourth-order valence-electron chi connectivity index (χ4n) is 3.40. The zero-order valence-corrected chi connectivity index (χ0v) is 12.9. The van der Waals surface area contributed by atoms with Crippen LogP contribution in [-0.2, 0) is 4.79 Å². The van der Waals surface area contributed by atoms with Gasteiger partial charge in [0.05, 0.1) is 0 Å².